The summed E-state index contributed by atoms with van der Waals surface area (Å²) in [5.74, 6) is -3.25. The van der Waals surface area contributed by atoms with E-state index in [1.54, 1.807) is 0 Å². The van der Waals surface area contributed by atoms with E-state index in [0.29, 0.717) is 12.8 Å². The Bertz CT molecular complexity index is 198. The zero-order valence-electron chi connectivity index (χ0n) is 8.18. The number of rotatable bonds is 4. The number of carboxylic acid groups (broad SMARTS) is 2. The molecule has 6 nitrogen and oxygen atoms in total. The Hall–Kier alpha value is -1.27. The van der Waals surface area contributed by atoms with E-state index in [0.717, 1.165) is 0 Å². The molecule has 0 heterocycles. The maximum absolute atomic E-state index is 9.82. The molecule has 0 aliphatic rings. The van der Waals surface area contributed by atoms with Crippen LogP contribution < -0.4 is 0 Å². The summed E-state index contributed by atoms with van der Waals surface area (Å²) >= 11 is 0. The molecule has 2 N–H and O–H groups in total. The second-order valence-electron chi connectivity index (χ2n) is 2.19. The molecule has 0 fully saturated rings. The van der Waals surface area contributed by atoms with E-state index in [-0.39, 0.29) is 21.7 Å². The van der Waals surface area contributed by atoms with E-state index >= 15 is 0 Å². The van der Waals surface area contributed by atoms with Gasteiger partial charge in [-0.05, 0) is 13.8 Å². The first-order valence-electron chi connectivity index (χ1n) is 3.42. The largest absolute Gasteiger partial charge is 2.00 e. The van der Waals surface area contributed by atoms with Crippen LogP contribution in [0.2, 0.25) is 0 Å². The molecule has 0 rings (SSSR count). The van der Waals surface area contributed by atoms with E-state index < -0.39 is 23.5 Å². The summed E-state index contributed by atoms with van der Waals surface area (Å²) in [6.45, 7) is 2.38. The first-order chi connectivity index (χ1) is 6.25. The SMILES string of the molecule is CC(=O)[CH-]C(=O)O.CC(=O)[CH-]C(=O)O.[Ti+2]. The van der Waals surface area contributed by atoms with Gasteiger partial charge in [-0.2, -0.15) is 0 Å². The van der Waals surface area contributed by atoms with Gasteiger partial charge in [0.15, 0.2) is 11.9 Å². The number of carbonyl (C=O) groups is 4. The van der Waals surface area contributed by atoms with E-state index in [9.17, 15) is 19.2 Å². The Kier molecular flexibility index (Phi) is 13.9. The monoisotopic (exact) mass is 250 g/mol. The molecule has 0 aliphatic carbocycles. The van der Waals surface area contributed by atoms with Crippen molar-refractivity contribution in [2.45, 2.75) is 13.8 Å². The fourth-order valence-electron chi connectivity index (χ4n) is 0.348. The molecule has 7 heteroatoms. The van der Waals surface area contributed by atoms with Crippen LogP contribution in [0.3, 0.4) is 0 Å². The topological polar surface area (TPSA) is 109 Å². The molecule has 0 radical (unpaired) electrons. The molecule has 82 valence electrons. The van der Waals surface area contributed by atoms with Crippen molar-refractivity contribution in [1.29, 1.82) is 0 Å². The summed E-state index contributed by atoms with van der Waals surface area (Å²) in [4.78, 5) is 38.7. The van der Waals surface area contributed by atoms with Gasteiger partial charge in [0.2, 0.25) is 0 Å². The third-order valence-electron chi connectivity index (χ3n) is 0.653. The molecule has 0 aromatic carbocycles. The normalized spacial score (nSPS) is 7.07. The molecule has 0 saturated heterocycles. The van der Waals surface area contributed by atoms with Crippen LogP contribution in [0, 0.1) is 12.8 Å². The van der Waals surface area contributed by atoms with Gasteiger partial charge in [0, 0.05) is 11.6 Å². The van der Waals surface area contributed by atoms with Crippen molar-refractivity contribution >= 4 is 23.5 Å². The van der Waals surface area contributed by atoms with Crippen molar-refractivity contribution in [1.82, 2.24) is 0 Å². The fourth-order valence-corrected chi connectivity index (χ4v) is 0.348. The van der Waals surface area contributed by atoms with Crippen molar-refractivity contribution in [3.05, 3.63) is 12.8 Å². The van der Waals surface area contributed by atoms with Crippen LogP contribution >= 0.6 is 0 Å². The molecule has 0 unspecified atom stereocenters. The number of aliphatic carboxylic acids is 2. The predicted octanol–water partition coefficient (Wildman–Crippen LogP) is -0.274. The van der Waals surface area contributed by atoms with Crippen LogP contribution in [0.25, 0.3) is 0 Å². The zero-order chi connectivity index (χ0) is 11.7. The molecule has 0 amide bonds. The average molecular weight is 250 g/mol. The number of ketones is 2. The molecular formula is C8H10O6Ti. The minimum Gasteiger partial charge on any atom is -0.503 e. The van der Waals surface area contributed by atoms with Crippen LogP contribution in [0.1, 0.15) is 13.8 Å². The minimum absolute atomic E-state index is 0. The van der Waals surface area contributed by atoms with Crippen molar-refractivity contribution in [3.8, 4) is 0 Å². The molecule has 0 aromatic rings. The third-order valence-corrected chi connectivity index (χ3v) is 0.653. The van der Waals surface area contributed by atoms with Crippen LogP contribution in [0.15, 0.2) is 0 Å². The number of carbonyl (C=O) groups excluding carboxylic acids is 2. The minimum atomic E-state index is -1.19. The van der Waals surface area contributed by atoms with Crippen molar-refractivity contribution in [2.24, 2.45) is 0 Å². The molecule has 0 aliphatic heterocycles. The van der Waals surface area contributed by atoms with Gasteiger partial charge in [-0.1, -0.05) is 0 Å². The number of Topliss-reactive ketones (excluding diaryl/α,β-unsaturated/α-hetero) is 2. The third kappa shape index (κ3) is 32.4. The number of hydrogen-bond acceptors (Lipinski definition) is 4. The first kappa shape index (κ1) is 19.3. The van der Waals surface area contributed by atoms with E-state index in [2.05, 4.69) is 0 Å². The van der Waals surface area contributed by atoms with Crippen LogP contribution in [-0.2, 0) is 40.9 Å². The van der Waals surface area contributed by atoms with Crippen LogP contribution in [0.4, 0.5) is 0 Å². The zero-order valence-corrected chi connectivity index (χ0v) is 9.74. The van der Waals surface area contributed by atoms with Gasteiger partial charge in [0.05, 0.1) is 0 Å². The van der Waals surface area contributed by atoms with Gasteiger partial charge >= 0.3 is 21.7 Å². The van der Waals surface area contributed by atoms with Gasteiger partial charge in [0.1, 0.15) is 0 Å². The molecule has 0 atom stereocenters. The summed E-state index contributed by atoms with van der Waals surface area (Å²) in [6.07, 6.45) is 1.22. The molecule has 0 bridgehead atoms. The smallest absolute Gasteiger partial charge is 0.503 e. The van der Waals surface area contributed by atoms with Crippen molar-refractivity contribution in [3.63, 3.8) is 0 Å². The average Bonchev–Trinajstić information content (AvgIpc) is 1.79. The van der Waals surface area contributed by atoms with Crippen LogP contribution in [0.5, 0.6) is 0 Å². The number of hydrogen-bond donors (Lipinski definition) is 2. The predicted molar refractivity (Wildman–Crippen MR) is 45.2 cm³/mol. The van der Waals surface area contributed by atoms with E-state index in [1.165, 1.54) is 13.8 Å². The Morgan fingerprint density at radius 1 is 0.800 bits per heavy atom. The number of carboxylic acids is 2. The summed E-state index contributed by atoms with van der Waals surface area (Å²) < 4.78 is 0. The Balaban J connectivity index is -0.000000180. The molecule has 15 heavy (non-hydrogen) atoms. The molecule has 0 aromatic heterocycles. The maximum Gasteiger partial charge on any atom is 2.00 e. The molecular weight excluding hydrogens is 240 g/mol. The summed E-state index contributed by atoms with van der Waals surface area (Å²) in [5, 5.41) is 15.6. The van der Waals surface area contributed by atoms with E-state index in [4.69, 9.17) is 10.2 Å². The Labute approximate surface area is 102 Å². The van der Waals surface area contributed by atoms with Crippen molar-refractivity contribution < 1.29 is 51.1 Å². The quantitative estimate of drug-likeness (QED) is 0.403. The van der Waals surface area contributed by atoms with Crippen LogP contribution in [-0.4, -0.2) is 33.7 Å². The summed E-state index contributed by atoms with van der Waals surface area (Å²) in [7, 11) is 0. The maximum atomic E-state index is 9.82. The Morgan fingerprint density at radius 3 is 1.00 bits per heavy atom. The van der Waals surface area contributed by atoms with Gasteiger partial charge in [-0.15, -0.1) is 0 Å². The first-order valence-corrected chi connectivity index (χ1v) is 3.42. The van der Waals surface area contributed by atoms with Gasteiger partial charge in [-0.25, -0.2) is 12.8 Å². The van der Waals surface area contributed by atoms with Gasteiger partial charge in [-0.3, -0.25) is 9.59 Å². The van der Waals surface area contributed by atoms with Gasteiger partial charge in [0.25, 0.3) is 0 Å². The Morgan fingerprint density at radius 2 is 1.00 bits per heavy atom. The second-order valence-corrected chi connectivity index (χ2v) is 2.19. The summed E-state index contributed by atoms with van der Waals surface area (Å²) in [5.41, 5.74) is 0. The molecule has 0 saturated carbocycles. The van der Waals surface area contributed by atoms with Crippen molar-refractivity contribution in [2.75, 3.05) is 0 Å². The molecule has 0 spiro atoms. The summed E-state index contributed by atoms with van der Waals surface area (Å²) in [6, 6.07) is 0. The van der Waals surface area contributed by atoms with E-state index in [1.807, 2.05) is 0 Å². The standard InChI is InChI=1S/2C4H5O3.Ti/c2*1-3(5)2-4(6)7;/h2*2H,1H3,(H,6,7);/q2*-1;+2. The van der Waals surface area contributed by atoms with Gasteiger partial charge < -0.3 is 19.8 Å². The second kappa shape index (κ2) is 10.8. The fraction of sp³-hybridized carbons (Fsp3) is 0.250.